The molecule has 2 heteroatoms. The van der Waals surface area contributed by atoms with E-state index in [1.165, 1.54) is 25.7 Å². The van der Waals surface area contributed by atoms with Gasteiger partial charge in [-0.05, 0) is 18.8 Å². The van der Waals surface area contributed by atoms with Crippen LogP contribution in [0.5, 0.6) is 0 Å². The highest BCUT2D eigenvalue weighted by molar-refractivity contribution is 4.72. The van der Waals surface area contributed by atoms with Crippen molar-refractivity contribution < 1.29 is 9.84 Å². The third-order valence-electron chi connectivity index (χ3n) is 2.46. The van der Waals surface area contributed by atoms with Crippen LogP contribution in [0.15, 0.2) is 0 Å². The lowest BCUT2D eigenvalue weighted by Crippen LogP contribution is -2.26. The number of aliphatic hydroxyl groups excluding tert-OH is 1. The fourth-order valence-corrected chi connectivity index (χ4v) is 1.73. The summed E-state index contributed by atoms with van der Waals surface area (Å²) in [5.41, 5.74) is 0. The van der Waals surface area contributed by atoms with Crippen molar-refractivity contribution in [3.8, 4) is 0 Å². The Morgan fingerprint density at radius 3 is 2.73 bits per heavy atom. The van der Waals surface area contributed by atoms with E-state index in [-0.39, 0.29) is 6.61 Å². The predicted molar refractivity (Wildman–Crippen MR) is 44.5 cm³/mol. The second-order valence-electron chi connectivity index (χ2n) is 3.39. The average Bonchev–Trinajstić information content (AvgIpc) is 2.03. The van der Waals surface area contributed by atoms with Gasteiger partial charge in [-0.2, -0.15) is 0 Å². The summed E-state index contributed by atoms with van der Waals surface area (Å²) >= 11 is 0. The van der Waals surface area contributed by atoms with Crippen molar-refractivity contribution in [2.75, 3.05) is 13.2 Å². The molecule has 0 amide bonds. The smallest absolute Gasteiger partial charge is 0.0701 e. The van der Waals surface area contributed by atoms with Gasteiger partial charge < -0.3 is 9.84 Å². The second kappa shape index (κ2) is 4.73. The minimum absolute atomic E-state index is 0.156. The molecule has 11 heavy (non-hydrogen) atoms. The molecule has 1 saturated carbocycles. The van der Waals surface area contributed by atoms with Crippen molar-refractivity contribution in [1.82, 2.24) is 0 Å². The average molecular weight is 158 g/mol. The number of hydrogen-bond acceptors (Lipinski definition) is 2. The molecule has 0 heterocycles. The molecule has 2 atom stereocenters. The summed E-state index contributed by atoms with van der Waals surface area (Å²) < 4.78 is 5.49. The molecule has 1 N–H and O–H groups in total. The van der Waals surface area contributed by atoms with Crippen LogP contribution in [0.2, 0.25) is 0 Å². The van der Waals surface area contributed by atoms with Gasteiger partial charge in [-0.25, -0.2) is 0 Å². The zero-order valence-corrected chi connectivity index (χ0v) is 7.25. The number of hydrogen-bond donors (Lipinski definition) is 1. The van der Waals surface area contributed by atoms with Crippen LogP contribution in [0, 0.1) is 5.92 Å². The minimum Gasteiger partial charge on any atom is -0.394 e. The lowest BCUT2D eigenvalue weighted by molar-refractivity contribution is -0.0198. The van der Waals surface area contributed by atoms with Gasteiger partial charge >= 0.3 is 0 Å². The SMILES string of the molecule is CC1CCCCC1OCCO. The highest BCUT2D eigenvalue weighted by Crippen LogP contribution is 2.25. The monoisotopic (exact) mass is 158 g/mol. The minimum atomic E-state index is 0.156. The first-order chi connectivity index (χ1) is 5.34. The fraction of sp³-hybridized carbons (Fsp3) is 1.00. The highest BCUT2D eigenvalue weighted by atomic mass is 16.5. The standard InChI is InChI=1S/C9H18O2/c1-8-4-2-3-5-9(8)11-7-6-10/h8-10H,2-7H2,1H3. The van der Waals surface area contributed by atoms with Gasteiger partial charge in [0.15, 0.2) is 0 Å². The third-order valence-corrected chi connectivity index (χ3v) is 2.46. The lowest BCUT2D eigenvalue weighted by Gasteiger charge is -2.28. The second-order valence-corrected chi connectivity index (χ2v) is 3.39. The molecule has 1 aliphatic carbocycles. The van der Waals surface area contributed by atoms with Crippen molar-refractivity contribution in [2.24, 2.45) is 5.92 Å². The Morgan fingerprint density at radius 2 is 2.09 bits per heavy atom. The molecule has 0 radical (unpaired) electrons. The molecule has 2 nitrogen and oxygen atoms in total. The van der Waals surface area contributed by atoms with E-state index in [0.717, 1.165) is 0 Å². The highest BCUT2D eigenvalue weighted by Gasteiger charge is 2.21. The molecule has 0 saturated heterocycles. The van der Waals surface area contributed by atoms with Crippen LogP contribution in [0.3, 0.4) is 0 Å². The van der Waals surface area contributed by atoms with Gasteiger partial charge in [0.2, 0.25) is 0 Å². The number of ether oxygens (including phenoxy) is 1. The molecule has 1 rings (SSSR count). The van der Waals surface area contributed by atoms with Crippen molar-refractivity contribution in [1.29, 1.82) is 0 Å². The van der Waals surface area contributed by atoms with Crippen LogP contribution in [-0.2, 0) is 4.74 Å². The third kappa shape index (κ3) is 2.80. The van der Waals surface area contributed by atoms with Crippen molar-refractivity contribution in [3.05, 3.63) is 0 Å². The summed E-state index contributed by atoms with van der Waals surface area (Å²) in [6, 6.07) is 0. The van der Waals surface area contributed by atoms with Crippen LogP contribution >= 0.6 is 0 Å². The summed E-state index contributed by atoms with van der Waals surface area (Å²) in [5.74, 6) is 0.690. The van der Waals surface area contributed by atoms with Gasteiger partial charge in [-0.1, -0.05) is 19.8 Å². The number of aliphatic hydroxyl groups is 1. The van der Waals surface area contributed by atoms with Gasteiger partial charge in [0.05, 0.1) is 19.3 Å². The van der Waals surface area contributed by atoms with E-state index < -0.39 is 0 Å². The maximum atomic E-state index is 8.56. The summed E-state index contributed by atoms with van der Waals surface area (Å²) in [7, 11) is 0. The predicted octanol–water partition coefficient (Wildman–Crippen LogP) is 1.57. The van der Waals surface area contributed by atoms with Crippen LogP contribution in [0.25, 0.3) is 0 Å². The van der Waals surface area contributed by atoms with Gasteiger partial charge in [0.25, 0.3) is 0 Å². The quantitative estimate of drug-likeness (QED) is 0.675. The van der Waals surface area contributed by atoms with E-state index in [4.69, 9.17) is 9.84 Å². The van der Waals surface area contributed by atoms with E-state index in [0.29, 0.717) is 18.6 Å². The van der Waals surface area contributed by atoms with Crippen molar-refractivity contribution in [3.63, 3.8) is 0 Å². The zero-order chi connectivity index (χ0) is 8.10. The van der Waals surface area contributed by atoms with Gasteiger partial charge in [0.1, 0.15) is 0 Å². The Labute approximate surface area is 68.6 Å². The van der Waals surface area contributed by atoms with E-state index >= 15 is 0 Å². The Hall–Kier alpha value is -0.0800. The van der Waals surface area contributed by atoms with Crippen LogP contribution in [0.1, 0.15) is 32.6 Å². The van der Waals surface area contributed by atoms with Gasteiger partial charge in [-0.3, -0.25) is 0 Å². The Morgan fingerprint density at radius 1 is 1.36 bits per heavy atom. The molecular formula is C9H18O2. The molecule has 2 unspecified atom stereocenters. The first-order valence-electron chi connectivity index (χ1n) is 4.57. The van der Waals surface area contributed by atoms with Gasteiger partial charge in [-0.15, -0.1) is 0 Å². The van der Waals surface area contributed by atoms with Crippen LogP contribution in [0.4, 0.5) is 0 Å². The Balaban J connectivity index is 2.18. The lowest BCUT2D eigenvalue weighted by atomic mass is 9.88. The Kier molecular flexibility index (Phi) is 3.87. The normalized spacial score (nSPS) is 32.2. The maximum Gasteiger partial charge on any atom is 0.0701 e. The topological polar surface area (TPSA) is 29.5 Å². The van der Waals surface area contributed by atoms with Crippen LogP contribution in [-0.4, -0.2) is 24.4 Å². The van der Waals surface area contributed by atoms with E-state index in [2.05, 4.69) is 6.92 Å². The number of rotatable bonds is 3. The Bertz CT molecular complexity index is 104. The molecule has 0 aromatic rings. The first kappa shape index (κ1) is 9.01. The summed E-state index contributed by atoms with van der Waals surface area (Å²) in [4.78, 5) is 0. The first-order valence-corrected chi connectivity index (χ1v) is 4.57. The molecule has 0 bridgehead atoms. The molecule has 0 aromatic carbocycles. The summed E-state index contributed by atoms with van der Waals surface area (Å²) in [6.45, 7) is 2.90. The molecular weight excluding hydrogens is 140 g/mol. The molecule has 66 valence electrons. The molecule has 0 spiro atoms. The van der Waals surface area contributed by atoms with Crippen molar-refractivity contribution in [2.45, 2.75) is 38.7 Å². The van der Waals surface area contributed by atoms with E-state index in [1.54, 1.807) is 0 Å². The molecule has 1 fully saturated rings. The molecule has 0 aliphatic heterocycles. The molecule has 1 aliphatic rings. The summed E-state index contributed by atoms with van der Waals surface area (Å²) in [6.07, 6.45) is 5.52. The largest absolute Gasteiger partial charge is 0.394 e. The fourth-order valence-electron chi connectivity index (χ4n) is 1.73. The van der Waals surface area contributed by atoms with E-state index in [9.17, 15) is 0 Å². The van der Waals surface area contributed by atoms with E-state index in [1.807, 2.05) is 0 Å². The van der Waals surface area contributed by atoms with Crippen LogP contribution < -0.4 is 0 Å². The summed E-state index contributed by atoms with van der Waals surface area (Å²) in [5, 5.41) is 8.56. The van der Waals surface area contributed by atoms with Gasteiger partial charge in [0, 0.05) is 0 Å². The molecule has 0 aromatic heterocycles. The zero-order valence-electron chi connectivity index (χ0n) is 7.25. The maximum absolute atomic E-state index is 8.56. The van der Waals surface area contributed by atoms with Crippen molar-refractivity contribution >= 4 is 0 Å².